The standard InChI is InChI=1S/C9H10N2.C2H6/c1-7-5-8(2)11-4-3-10-6-9(7)11;1-2/h3-6H,1-2H3;1-2H3. The van der Waals surface area contributed by atoms with Crippen LogP contribution in [0.5, 0.6) is 0 Å². The lowest BCUT2D eigenvalue weighted by Crippen LogP contribution is -1.85. The summed E-state index contributed by atoms with van der Waals surface area (Å²) in [6.45, 7) is 8.20. The quantitative estimate of drug-likeness (QED) is 0.603. The molecule has 0 aliphatic rings. The van der Waals surface area contributed by atoms with Crippen molar-refractivity contribution < 1.29 is 0 Å². The van der Waals surface area contributed by atoms with Crippen LogP contribution in [0.3, 0.4) is 0 Å². The summed E-state index contributed by atoms with van der Waals surface area (Å²) in [5.74, 6) is 0. The molecule has 0 spiro atoms. The van der Waals surface area contributed by atoms with Gasteiger partial charge in [0.15, 0.2) is 0 Å². The zero-order valence-corrected chi connectivity index (χ0v) is 8.70. The first kappa shape index (κ1) is 9.78. The highest BCUT2D eigenvalue weighted by atomic mass is 14.9. The van der Waals surface area contributed by atoms with Crippen molar-refractivity contribution in [2.45, 2.75) is 27.7 Å². The Balaban J connectivity index is 0.000000396. The van der Waals surface area contributed by atoms with Crippen molar-refractivity contribution in [1.29, 1.82) is 0 Å². The lowest BCUT2D eigenvalue weighted by molar-refractivity contribution is 1.08. The van der Waals surface area contributed by atoms with Crippen LogP contribution in [-0.2, 0) is 0 Å². The molecule has 2 aromatic rings. The molecule has 0 aliphatic carbocycles. The fourth-order valence-corrected chi connectivity index (χ4v) is 1.42. The molecule has 13 heavy (non-hydrogen) atoms. The van der Waals surface area contributed by atoms with E-state index in [9.17, 15) is 0 Å². The van der Waals surface area contributed by atoms with Gasteiger partial charge in [-0.1, -0.05) is 13.8 Å². The fourth-order valence-electron chi connectivity index (χ4n) is 1.42. The van der Waals surface area contributed by atoms with Gasteiger partial charge in [0.1, 0.15) is 0 Å². The van der Waals surface area contributed by atoms with Crippen LogP contribution in [0.2, 0.25) is 0 Å². The molecule has 2 aromatic heterocycles. The maximum absolute atomic E-state index is 4.07. The molecule has 2 heteroatoms. The third-order valence-electron chi connectivity index (χ3n) is 1.97. The second-order valence-corrected chi connectivity index (χ2v) is 2.80. The summed E-state index contributed by atoms with van der Waals surface area (Å²) in [5, 5.41) is 0. The molecule has 0 aliphatic heterocycles. The zero-order valence-electron chi connectivity index (χ0n) is 8.70. The van der Waals surface area contributed by atoms with E-state index >= 15 is 0 Å². The van der Waals surface area contributed by atoms with E-state index in [4.69, 9.17) is 0 Å². The predicted molar refractivity (Wildman–Crippen MR) is 56.0 cm³/mol. The molecule has 0 saturated heterocycles. The highest BCUT2D eigenvalue weighted by Gasteiger charge is 1.99. The molecular formula is C11H16N2. The van der Waals surface area contributed by atoms with E-state index < -0.39 is 0 Å². The van der Waals surface area contributed by atoms with Crippen molar-refractivity contribution >= 4 is 5.52 Å². The first-order chi connectivity index (χ1) is 6.29. The van der Waals surface area contributed by atoms with Crippen LogP contribution >= 0.6 is 0 Å². The lowest BCUT2D eigenvalue weighted by atomic mass is 10.3. The van der Waals surface area contributed by atoms with Gasteiger partial charge in [-0.15, -0.1) is 0 Å². The number of rotatable bonds is 0. The SMILES string of the molecule is CC.Cc1cc(C)n2ccncc12. The van der Waals surface area contributed by atoms with Gasteiger partial charge in [0.25, 0.3) is 0 Å². The zero-order chi connectivity index (χ0) is 9.84. The summed E-state index contributed by atoms with van der Waals surface area (Å²) >= 11 is 0. The first-order valence-corrected chi connectivity index (χ1v) is 4.67. The first-order valence-electron chi connectivity index (χ1n) is 4.67. The van der Waals surface area contributed by atoms with Crippen molar-refractivity contribution in [3.05, 3.63) is 35.9 Å². The maximum Gasteiger partial charge on any atom is 0.0666 e. The average molecular weight is 176 g/mol. The van der Waals surface area contributed by atoms with Crippen molar-refractivity contribution in [3.8, 4) is 0 Å². The molecule has 0 bridgehead atoms. The second kappa shape index (κ2) is 4.08. The Labute approximate surface area is 79.2 Å². The largest absolute Gasteiger partial charge is 0.318 e. The van der Waals surface area contributed by atoms with Crippen LogP contribution in [0, 0.1) is 13.8 Å². The van der Waals surface area contributed by atoms with Gasteiger partial charge in [0, 0.05) is 18.1 Å². The third kappa shape index (κ3) is 1.72. The van der Waals surface area contributed by atoms with Crippen LogP contribution < -0.4 is 0 Å². The minimum Gasteiger partial charge on any atom is -0.318 e. The van der Waals surface area contributed by atoms with Gasteiger partial charge in [-0.3, -0.25) is 4.98 Å². The molecule has 0 saturated carbocycles. The Morgan fingerprint density at radius 3 is 2.54 bits per heavy atom. The van der Waals surface area contributed by atoms with E-state index in [-0.39, 0.29) is 0 Å². The van der Waals surface area contributed by atoms with Gasteiger partial charge < -0.3 is 4.40 Å². The summed E-state index contributed by atoms with van der Waals surface area (Å²) in [6.07, 6.45) is 5.68. The summed E-state index contributed by atoms with van der Waals surface area (Å²) in [5.41, 5.74) is 3.75. The molecule has 2 heterocycles. The normalized spacial score (nSPS) is 9.54. The van der Waals surface area contributed by atoms with E-state index in [1.54, 1.807) is 6.20 Å². The van der Waals surface area contributed by atoms with E-state index in [0.29, 0.717) is 0 Å². The Hall–Kier alpha value is -1.31. The van der Waals surface area contributed by atoms with Crippen LogP contribution in [0.25, 0.3) is 5.52 Å². The number of fused-ring (bicyclic) bond motifs is 1. The Morgan fingerprint density at radius 1 is 1.23 bits per heavy atom. The van der Waals surface area contributed by atoms with Crippen LogP contribution in [-0.4, -0.2) is 9.38 Å². The van der Waals surface area contributed by atoms with Gasteiger partial charge >= 0.3 is 0 Å². The van der Waals surface area contributed by atoms with Gasteiger partial charge in [-0.25, -0.2) is 0 Å². The molecule has 0 atom stereocenters. The highest BCUT2D eigenvalue weighted by molar-refractivity contribution is 5.54. The molecular weight excluding hydrogens is 160 g/mol. The van der Waals surface area contributed by atoms with Crippen molar-refractivity contribution in [2.24, 2.45) is 0 Å². The lowest BCUT2D eigenvalue weighted by Gasteiger charge is -1.94. The molecule has 2 nitrogen and oxygen atoms in total. The number of aryl methyl sites for hydroxylation is 2. The summed E-state index contributed by atoms with van der Waals surface area (Å²) in [7, 11) is 0. The number of hydrogen-bond acceptors (Lipinski definition) is 1. The Kier molecular flexibility index (Phi) is 3.07. The van der Waals surface area contributed by atoms with E-state index in [1.807, 2.05) is 26.2 Å². The highest BCUT2D eigenvalue weighted by Crippen LogP contribution is 2.13. The average Bonchev–Trinajstić information content (AvgIpc) is 2.47. The molecule has 0 fully saturated rings. The molecule has 0 unspecified atom stereocenters. The number of hydrogen-bond donors (Lipinski definition) is 0. The maximum atomic E-state index is 4.07. The number of nitrogens with zero attached hydrogens (tertiary/aromatic N) is 2. The Morgan fingerprint density at radius 2 is 1.92 bits per heavy atom. The van der Waals surface area contributed by atoms with E-state index in [1.165, 1.54) is 16.8 Å². The van der Waals surface area contributed by atoms with E-state index in [2.05, 4.69) is 29.3 Å². The molecule has 0 aromatic carbocycles. The van der Waals surface area contributed by atoms with Crippen molar-refractivity contribution in [2.75, 3.05) is 0 Å². The van der Waals surface area contributed by atoms with Gasteiger partial charge in [0.05, 0.1) is 11.7 Å². The fraction of sp³-hybridized carbons (Fsp3) is 0.364. The monoisotopic (exact) mass is 176 g/mol. The number of aromatic nitrogens is 2. The third-order valence-corrected chi connectivity index (χ3v) is 1.97. The van der Waals surface area contributed by atoms with Crippen LogP contribution in [0.15, 0.2) is 24.7 Å². The Bertz CT molecular complexity index is 352. The van der Waals surface area contributed by atoms with Crippen LogP contribution in [0.1, 0.15) is 25.1 Å². The molecule has 0 N–H and O–H groups in total. The minimum absolute atomic E-state index is 1.20. The van der Waals surface area contributed by atoms with Crippen LogP contribution in [0.4, 0.5) is 0 Å². The summed E-state index contributed by atoms with van der Waals surface area (Å²) < 4.78 is 2.14. The van der Waals surface area contributed by atoms with Crippen molar-refractivity contribution in [3.63, 3.8) is 0 Å². The molecule has 0 radical (unpaired) electrons. The molecule has 0 amide bonds. The van der Waals surface area contributed by atoms with Gasteiger partial charge in [-0.2, -0.15) is 0 Å². The predicted octanol–water partition coefficient (Wildman–Crippen LogP) is 2.98. The van der Waals surface area contributed by atoms with Gasteiger partial charge in [-0.05, 0) is 25.5 Å². The topological polar surface area (TPSA) is 17.3 Å². The summed E-state index contributed by atoms with van der Waals surface area (Å²) in [4.78, 5) is 4.07. The second-order valence-electron chi connectivity index (χ2n) is 2.80. The smallest absolute Gasteiger partial charge is 0.0666 e. The minimum atomic E-state index is 1.20. The molecule has 70 valence electrons. The molecule has 2 rings (SSSR count). The van der Waals surface area contributed by atoms with Crippen molar-refractivity contribution in [1.82, 2.24) is 9.38 Å². The van der Waals surface area contributed by atoms with E-state index in [0.717, 1.165) is 0 Å². The summed E-state index contributed by atoms with van der Waals surface area (Å²) in [6, 6.07) is 2.16. The van der Waals surface area contributed by atoms with Gasteiger partial charge in [0.2, 0.25) is 0 Å².